The third-order valence-electron chi connectivity index (χ3n) is 9.75. The van der Waals surface area contributed by atoms with Crippen LogP contribution in [0.4, 0.5) is 0 Å². The van der Waals surface area contributed by atoms with Gasteiger partial charge in [-0.3, -0.25) is 0 Å². The van der Waals surface area contributed by atoms with E-state index in [2.05, 4.69) is 54.6 Å². The molecule has 0 saturated heterocycles. The summed E-state index contributed by atoms with van der Waals surface area (Å²) in [5.74, 6) is 1.70. The van der Waals surface area contributed by atoms with Gasteiger partial charge < -0.3 is 13.3 Å². The number of nitrogens with zero attached hydrogens (tertiary/aromatic N) is 3. The lowest BCUT2D eigenvalue weighted by molar-refractivity contribution is 0.668. The molecule has 11 rings (SSSR count). The van der Waals surface area contributed by atoms with Crippen LogP contribution in [-0.2, 0) is 0 Å². The smallest absolute Gasteiger partial charge is 0.167 e. The van der Waals surface area contributed by atoms with Gasteiger partial charge in [0.15, 0.2) is 17.5 Å². The summed E-state index contributed by atoms with van der Waals surface area (Å²) in [4.78, 5) is 15.1. The Morgan fingerprint density at radius 3 is 1.43 bits per heavy atom. The molecule has 0 aliphatic carbocycles. The SMILES string of the molecule is c1ccc(-c2nc(-c3ccc4oc5ccccc5c4c3)nc(-c3cccc4c3oc3ccc(-c5ccc6oc7ccccc7c6c5)cc34)n2)cc1. The predicted octanol–water partition coefficient (Wildman–Crippen LogP) is 12.2. The minimum atomic E-state index is 0.540. The Morgan fingerprint density at radius 1 is 0.294 bits per heavy atom. The van der Waals surface area contributed by atoms with Crippen molar-refractivity contribution in [3.05, 3.63) is 152 Å². The van der Waals surface area contributed by atoms with Crippen molar-refractivity contribution in [3.8, 4) is 45.3 Å². The van der Waals surface area contributed by atoms with Crippen LogP contribution in [-0.4, -0.2) is 15.0 Å². The topological polar surface area (TPSA) is 78.1 Å². The van der Waals surface area contributed by atoms with Gasteiger partial charge in [-0.2, -0.15) is 0 Å². The summed E-state index contributed by atoms with van der Waals surface area (Å²) in [6.45, 7) is 0. The first-order valence-electron chi connectivity index (χ1n) is 16.8. The first-order chi connectivity index (χ1) is 25.2. The van der Waals surface area contributed by atoms with E-state index >= 15 is 0 Å². The number of benzene rings is 7. The summed E-state index contributed by atoms with van der Waals surface area (Å²) in [6.07, 6.45) is 0. The van der Waals surface area contributed by atoms with Crippen LogP contribution in [0, 0.1) is 0 Å². The zero-order valence-corrected chi connectivity index (χ0v) is 27.0. The molecule has 7 aromatic carbocycles. The van der Waals surface area contributed by atoms with Crippen molar-refractivity contribution in [1.82, 2.24) is 15.0 Å². The maximum atomic E-state index is 6.60. The molecule has 51 heavy (non-hydrogen) atoms. The number of aromatic nitrogens is 3. The largest absolute Gasteiger partial charge is 0.456 e. The van der Waals surface area contributed by atoms with Crippen LogP contribution in [0.1, 0.15) is 0 Å². The second-order valence-corrected chi connectivity index (χ2v) is 12.8. The summed E-state index contributed by atoms with van der Waals surface area (Å²) >= 11 is 0. The van der Waals surface area contributed by atoms with Gasteiger partial charge in [-0.25, -0.2) is 15.0 Å². The molecule has 0 aliphatic heterocycles. The zero-order chi connectivity index (χ0) is 33.5. The quantitative estimate of drug-likeness (QED) is 0.188. The van der Waals surface area contributed by atoms with Gasteiger partial charge in [0.2, 0.25) is 0 Å². The van der Waals surface area contributed by atoms with Crippen molar-refractivity contribution in [2.24, 2.45) is 0 Å². The molecule has 0 radical (unpaired) electrons. The molecule has 0 amide bonds. The molecule has 0 aliphatic rings. The highest BCUT2D eigenvalue weighted by Crippen LogP contribution is 2.39. The number of hydrogen-bond donors (Lipinski definition) is 0. The summed E-state index contributed by atoms with van der Waals surface area (Å²) in [5, 5.41) is 6.30. The van der Waals surface area contributed by atoms with Gasteiger partial charge in [-0.05, 0) is 71.8 Å². The van der Waals surface area contributed by atoms with Crippen LogP contribution < -0.4 is 0 Å². The number of hydrogen-bond acceptors (Lipinski definition) is 6. The Kier molecular flexibility index (Phi) is 5.86. The molecule has 0 fully saturated rings. The number of rotatable bonds is 4. The predicted molar refractivity (Wildman–Crippen MR) is 203 cm³/mol. The van der Waals surface area contributed by atoms with Crippen molar-refractivity contribution in [3.63, 3.8) is 0 Å². The highest BCUT2D eigenvalue weighted by atomic mass is 16.3. The van der Waals surface area contributed by atoms with E-state index < -0.39 is 0 Å². The third kappa shape index (κ3) is 4.40. The molecular weight excluding hydrogens is 631 g/mol. The van der Waals surface area contributed by atoms with Crippen molar-refractivity contribution in [2.45, 2.75) is 0 Å². The van der Waals surface area contributed by atoms with Gasteiger partial charge in [0.1, 0.15) is 33.5 Å². The molecule has 238 valence electrons. The van der Waals surface area contributed by atoms with Crippen LogP contribution in [0.2, 0.25) is 0 Å². The summed E-state index contributed by atoms with van der Waals surface area (Å²) < 4.78 is 18.8. The van der Waals surface area contributed by atoms with Crippen molar-refractivity contribution in [1.29, 1.82) is 0 Å². The van der Waals surface area contributed by atoms with E-state index in [0.29, 0.717) is 17.5 Å². The Morgan fingerprint density at radius 2 is 0.765 bits per heavy atom. The van der Waals surface area contributed by atoms with E-state index in [-0.39, 0.29) is 0 Å². The summed E-state index contributed by atoms with van der Waals surface area (Å²) in [6, 6.07) is 51.2. The number of furan rings is 3. The lowest BCUT2D eigenvalue weighted by atomic mass is 10.00. The second-order valence-electron chi connectivity index (χ2n) is 12.8. The van der Waals surface area contributed by atoms with E-state index in [1.165, 1.54) is 0 Å². The lowest BCUT2D eigenvalue weighted by Crippen LogP contribution is -2.00. The van der Waals surface area contributed by atoms with Crippen LogP contribution in [0.25, 0.3) is 111 Å². The van der Waals surface area contributed by atoms with E-state index in [4.69, 9.17) is 28.2 Å². The van der Waals surface area contributed by atoms with Gasteiger partial charge in [-0.1, -0.05) is 91.0 Å². The molecule has 0 bridgehead atoms. The zero-order valence-electron chi connectivity index (χ0n) is 27.0. The molecule has 0 unspecified atom stereocenters. The molecule has 0 N–H and O–H groups in total. The number of para-hydroxylation sites is 3. The first-order valence-corrected chi connectivity index (χ1v) is 16.8. The van der Waals surface area contributed by atoms with Gasteiger partial charge in [0, 0.05) is 43.4 Å². The maximum Gasteiger partial charge on any atom is 0.167 e. The van der Waals surface area contributed by atoms with Crippen molar-refractivity contribution >= 4 is 65.8 Å². The summed E-state index contributed by atoms with van der Waals surface area (Å²) in [7, 11) is 0. The third-order valence-corrected chi connectivity index (χ3v) is 9.75. The maximum absolute atomic E-state index is 6.60. The van der Waals surface area contributed by atoms with E-state index in [1.54, 1.807) is 0 Å². The minimum absolute atomic E-state index is 0.540. The molecule has 6 nitrogen and oxygen atoms in total. The molecule has 4 heterocycles. The lowest BCUT2D eigenvalue weighted by Gasteiger charge is -2.09. The highest BCUT2D eigenvalue weighted by molar-refractivity contribution is 6.11. The normalized spacial score (nSPS) is 11.9. The van der Waals surface area contributed by atoms with E-state index in [1.807, 2.05) is 97.1 Å². The van der Waals surface area contributed by atoms with Crippen LogP contribution >= 0.6 is 0 Å². The molecule has 0 spiro atoms. The van der Waals surface area contributed by atoms with Crippen LogP contribution in [0.15, 0.2) is 165 Å². The molecule has 0 atom stereocenters. The highest BCUT2D eigenvalue weighted by Gasteiger charge is 2.19. The van der Waals surface area contributed by atoms with Crippen molar-refractivity contribution in [2.75, 3.05) is 0 Å². The van der Waals surface area contributed by atoms with E-state index in [9.17, 15) is 0 Å². The Labute approximate surface area is 290 Å². The molecule has 4 aromatic heterocycles. The first kappa shape index (κ1) is 27.9. The molecular formula is C45H25N3O3. The van der Waals surface area contributed by atoms with Gasteiger partial charge in [0.05, 0.1) is 5.56 Å². The fourth-order valence-electron chi connectivity index (χ4n) is 7.27. The monoisotopic (exact) mass is 655 g/mol. The van der Waals surface area contributed by atoms with Crippen molar-refractivity contribution < 1.29 is 13.3 Å². The van der Waals surface area contributed by atoms with Gasteiger partial charge in [0.25, 0.3) is 0 Å². The standard InChI is InChI=1S/C45H25N3O3/c1-2-9-26(10-3-1)43-46-44(29-19-22-40-35(25-29)31-12-5-7-16-38(31)50-40)48-45(47-43)33-14-8-13-32-36-24-28(18-21-41(36)51-42(32)33)27-17-20-39-34(23-27)30-11-4-6-15-37(30)49-39/h1-25H. The summed E-state index contributed by atoms with van der Waals surface area (Å²) in [5.41, 5.74) is 9.75. The second kappa shape index (κ2) is 10.7. The van der Waals surface area contributed by atoms with Gasteiger partial charge >= 0.3 is 0 Å². The Bertz CT molecular complexity index is 3150. The minimum Gasteiger partial charge on any atom is -0.456 e. The molecule has 0 saturated carbocycles. The molecule has 11 aromatic rings. The van der Waals surface area contributed by atoms with Crippen LogP contribution in [0.5, 0.6) is 0 Å². The van der Waals surface area contributed by atoms with Crippen LogP contribution in [0.3, 0.4) is 0 Å². The fraction of sp³-hybridized carbons (Fsp3) is 0. The average Bonchev–Trinajstić information content (AvgIpc) is 3.88. The Balaban J connectivity index is 1.08. The average molecular weight is 656 g/mol. The Hall–Kier alpha value is -7.05. The fourth-order valence-corrected chi connectivity index (χ4v) is 7.27. The van der Waals surface area contributed by atoms with E-state index in [0.717, 1.165) is 93.6 Å². The van der Waals surface area contributed by atoms with Gasteiger partial charge in [-0.15, -0.1) is 0 Å². The molecule has 6 heteroatoms. The number of fused-ring (bicyclic) bond motifs is 9.